The van der Waals surface area contributed by atoms with Crippen LogP contribution >= 0.6 is 27.7 Å². The van der Waals surface area contributed by atoms with E-state index in [0.29, 0.717) is 0 Å². The highest BCUT2D eigenvalue weighted by atomic mass is 79.9. The standard InChI is InChI=1S/C10H14BrNS/c1-2-13-10-5-3-9(4-6-10)7-12-8-11/h3-6,12H,2,7-8H2,1H3. The van der Waals surface area contributed by atoms with Gasteiger partial charge >= 0.3 is 0 Å². The molecule has 0 atom stereocenters. The van der Waals surface area contributed by atoms with Crippen LogP contribution in [0.2, 0.25) is 0 Å². The smallest absolute Gasteiger partial charge is 0.0519 e. The number of rotatable bonds is 5. The maximum Gasteiger partial charge on any atom is 0.0519 e. The van der Waals surface area contributed by atoms with Crippen molar-refractivity contribution >= 4 is 27.7 Å². The maximum absolute atomic E-state index is 3.33. The first kappa shape index (κ1) is 11.1. The Kier molecular flexibility index (Phi) is 5.51. The molecule has 0 radical (unpaired) electrons. The summed E-state index contributed by atoms with van der Waals surface area (Å²) >= 11 is 5.21. The zero-order valence-electron chi connectivity index (χ0n) is 7.72. The number of hydrogen-bond donors (Lipinski definition) is 1. The zero-order chi connectivity index (χ0) is 9.52. The fourth-order valence-electron chi connectivity index (χ4n) is 1.06. The average Bonchev–Trinajstić information content (AvgIpc) is 2.17. The number of thioether (sulfide) groups is 1. The number of hydrogen-bond acceptors (Lipinski definition) is 2. The van der Waals surface area contributed by atoms with Gasteiger partial charge in [-0.2, -0.15) is 0 Å². The first-order chi connectivity index (χ1) is 6.36. The molecule has 0 aliphatic carbocycles. The van der Waals surface area contributed by atoms with Crippen LogP contribution < -0.4 is 5.32 Å². The summed E-state index contributed by atoms with van der Waals surface area (Å²) in [4.78, 5) is 1.35. The Bertz CT molecular complexity index is 235. The molecule has 1 aromatic carbocycles. The fraction of sp³-hybridized carbons (Fsp3) is 0.400. The van der Waals surface area contributed by atoms with Crippen molar-refractivity contribution in [2.75, 3.05) is 11.2 Å². The summed E-state index contributed by atoms with van der Waals surface area (Å²) in [6.07, 6.45) is 0. The number of benzene rings is 1. The van der Waals surface area contributed by atoms with E-state index in [1.165, 1.54) is 10.5 Å². The summed E-state index contributed by atoms with van der Waals surface area (Å²) in [7, 11) is 0. The van der Waals surface area contributed by atoms with Crippen LogP contribution in [0.5, 0.6) is 0 Å². The Morgan fingerprint density at radius 2 is 2.00 bits per heavy atom. The van der Waals surface area contributed by atoms with E-state index in [-0.39, 0.29) is 0 Å². The van der Waals surface area contributed by atoms with Crippen molar-refractivity contribution in [3.05, 3.63) is 29.8 Å². The molecule has 3 heteroatoms. The van der Waals surface area contributed by atoms with Gasteiger partial charge in [-0.05, 0) is 23.4 Å². The van der Waals surface area contributed by atoms with Gasteiger partial charge in [-0.15, -0.1) is 11.8 Å². The molecule has 1 rings (SSSR count). The van der Waals surface area contributed by atoms with E-state index in [4.69, 9.17) is 0 Å². The van der Waals surface area contributed by atoms with Gasteiger partial charge in [-0.1, -0.05) is 35.0 Å². The minimum absolute atomic E-state index is 0.846. The molecule has 0 spiro atoms. The van der Waals surface area contributed by atoms with E-state index in [1.54, 1.807) is 0 Å². The van der Waals surface area contributed by atoms with E-state index < -0.39 is 0 Å². The van der Waals surface area contributed by atoms with Crippen molar-refractivity contribution in [3.63, 3.8) is 0 Å². The molecule has 0 fully saturated rings. The molecular formula is C10H14BrNS. The number of nitrogens with one attached hydrogen (secondary N) is 1. The molecule has 0 saturated heterocycles. The second-order valence-corrected chi connectivity index (χ2v) is 4.54. The quantitative estimate of drug-likeness (QED) is 0.495. The lowest BCUT2D eigenvalue weighted by atomic mass is 10.2. The molecule has 0 bridgehead atoms. The van der Waals surface area contributed by atoms with Gasteiger partial charge < -0.3 is 5.32 Å². The second-order valence-electron chi connectivity index (χ2n) is 2.64. The van der Waals surface area contributed by atoms with E-state index in [0.717, 1.165) is 17.8 Å². The van der Waals surface area contributed by atoms with Gasteiger partial charge in [-0.3, -0.25) is 0 Å². The molecule has 0 amide bonds. The van der Waals surface area contributed by atoms with Gasteiger partial charge in [0.1, 0.15) is 0 Å². The Hall–Kier alpha value is 0.01000. The molecule has 0 saturated carbocycles. The molecule has 0 unspecified atom stereocenters. The van der Waals surface area contributed by atoms with Crippen LogP contribution in [0.4, 0.5) is 0 Å². The predicted octanol–water partition coefficient (Wildman–Crippen LogP) is 3.24. The number of alkyl halides is 1. The largest absolute Gasteiger partial charge is 0.303 e. The van der Waals surface area contributed by atoms with Crippen LogP contribution in [0.1, 0.15) is 12.5 Å². The maximum atomic E-state index is 3.33. The first-order valence-electron chi connectivity index (χ1n) is 4.35. The summed E-state index contributed by atoms with van der Waals surface area (Å²) in [6, 6.07) is 8.71. The molecule has 0 aliphatic heterocycles. The lowest BCUT2D eigenvalue weighted by Crippen LogP contribution is -2.09. The molecule has 72 valence electrons. The number of halogens is 1. The molecule has 1 aromatic rings. The average molecular weight is 260 g/mol. The minimum Gasteiger partial charge on any atom is -0.303 e. The molecule has 0 aliphatic rings. The highest BCUT2D eigenvalue weighted by molar-refractivity contribution is 9.09. The monoisotopic (exact) mass is 259 g/mol. The molecule has 0 aromatic heterocycles. The molecule has 13 heavy (non-hydrogen) atoms. The van der Waals surface area contributed by atoms with Crippen molar-refractivity contribution < 1.29 is 0 Å². The van der Waals surface area contributed by atoms with Gasteiger partial charge in [0.25, 0.3) is 0 Å². The third-order valence-corrected chi connectivity index (χ3v) is 2.95. The Labute approximate surface area is 92.4 Å². The van der Waals surface area contributed by atoms with Gasteiger partial charge in [0.05, 0.1) is 5.45 Å². The van der Waals surface area contributed by atoms with Crippen LogP contribution in [0.15, 0.2) is 29.2 Å². The van der Waals surface area contributed by atoms with Crippen molar-refractivity contribution in [2.45, 2.75) is 18.4 Å². The summed E-state index contributed by atoms with van der Waals surface area (Å²) < 4.78 is 0. The molecule has 0 heterocycles. The SMILES string of the molecule is CCSc1ccc(CNCBr)cc1. The van der Waals surface area contributed by atoms with Crippen LogP contribution in [0, 0.1) is 0 Å². The van der Waals surface area contributed by atoms with E-state index in [1.807, 2.05) is 11.8 Å². The summed E-state index contributed by atoms with van der Waals surface area (Å²) in [5, 5.41) is 3.23. The molecular weight excluding hydrogens is 246 g/mol. The Morgan fingerprint density at radius 3 is 2.54 bits per heavy atom. The van der Waals surface area contributed by atoms with E-state index in [9.17, 15) is 0 Å². The van der Waals surface area contributed by atoms with Gasteiger partial charge in [0.15, 0.2) is 0 Å². The summed E-state index contributed by atoms with van der Waals surface area (Å²) in [5.74, 6) is 1.14. The summed E-state index contributed by atoms with van der Waals surface area (Å²) in [5.41, 5.74) is 2.18. The van der Waals surface area contributed by atoms with Crippen molar-refractivity contribution in [3.8, 4) is 0 Å². The highest BCUT2D eigenvalue weighted by Gasteiger charge is 1.93. The van der Waals surface area contributed by atoms with E-state index in [2.05, 4.69) is 52.4 Å². The summed E-state index contributed by atoms with van der Waals surface area (Å²) in [6.45, 7) is 3.10. The van der Waals surface area contributed by atoms with Crippen molar-refractivity contribution in [1.82, 2.24) is 5.32 Å². The van der Waals surface area contributed by atoms with Crippen LogP contribution in [-0.2, 0) is 6.54 Å². The van der Waals surface area contributed by atoms with Gasteiger partial charge in [0, 0.05) is 11.4 Å². The Balaban J connectivity index is 2.48. The lowest BCUT2D eigenvalue weighted by Gasteiger charge is -2.02. The van der Waals surface area contributed by atoms with Crippen molar-refractivity contribution in [1.29, 1.82) is 0 Å². The topological polar surface area (TPSA) is 12.0 Å². The normalized spacial score (nSPS) is 10.3. The minimum atomic E-state index is 0.846. The zero-order valence-corrected chi connectivity index (χ0v) is 10.1. The van der Waals surface area contributed by atoms with Crippen LogP contribution in [-0.4, -0.2) is 11.2 Å². The third kappa shape index (κ3) is 4.16. The van der Waals surface area contributed by atoms with Crippen molar-refractivity contribution in [2.24, 2.45) is 0 Å². The lowest BCUT2D eigenvalue weighted by molar-refractivity contribution is 0.801. The Morgan fingerprint density at radius 1 is 1.31 bits per heavy atom. The van der Waals surface area contributed by atoms with Gasteiger partial charge in [-0.25, -0.2) is 0 Å². The van der Waals surface area contributed by atoms with Crippen LogP contribution in [0.3, 0.4) is 0 Å². The highest BCUT2D eigenvalue weighted by Crippen LogP contribution is 2.17. The van der Waals surface area contributed by atoms with Gasteiger partial charge in [0.2, 0.25) is 0 Å². The van der Waals surface area contributed by atoms with Crippen LogP contribution in [0.25, 0.3) is 0 Å². The molecule has 1 N–H and O–H groups in total. The second kappa shape index (κ2) is 6.46. The third-order valence-electron chi connectivity index (χ3n) is 1.66. The fourth-order valence-corrected chi connectivity index (χ4v) is 1.92. The van der Waals surface area contributed by atoms with E-state index >= 15 is 0 Å². The predicted molar refractivity (Wildman–Crippen MR) is 63.5 cm³/mol. The first-order valence-corrected chi connectivity index (χ1v) is 6.46. The molecule has 1 nitrogen and oxygen atoms in total.